The van der Waals surface area contributed by atoms with E-state index in [1.165, 1.54) is 6.42 Å². The van der Waals surface area contributed by atoms with Crippen molar-refractivity contribution in [2.45, 2.75) is 6.42 Å². The molecule has 0 radical (unpaired) electrons. The SMILES string of the molecule is C=CCN(CC=C)C(=O)CN1CCC(CNC)C1. The molecule has 102 valence electrons. The third kappa shape index (κ3) is 4.63. The maximum atomic E-state index is 12.1. The van der Waals surface area contributed by atoms with Crippen LogP contribution in [-0.4, -0.2) is 62.0 Å². The van der Waals surface area contributed by atoms with E-state index < -0.39 is 0 Å². The van der Waals surface area contributed by atoms with Gasteiger partial charge in [0.05, 0.1) is 6.54 Å². The van der Waals surface area contributed by atoms with Crippen molar-refractivity contribution in [3.63, 3.8) is 0 Å². The molecule has 1 aliphatic rings. The van der Waals surface area contributed by atoms with Gasteiger partial charge in [0.2, 0.25) is 5.91 Å². The molecule has 0 bridgehead atoms. The van der Waals surface area contributed by atoms with Gasteiger partial charge in [0.25, 0.3) is 0 Å². The number of nitrogens with zero attached hydrogens (tertiary/aromatic N) is 2. The maximum absolute atomic E-state index is 12.1. The largest absolute Gasteiger partial charge is 0.334 e. The molecular formula is C14H25N3O. The van der Waals surface area contributed by atoms with Gasteiger partial charge < -0.3 is 10.2 Å². The highest BCUT2D eigenvalue weighted by molar-refractivity contribution is 5.78. The van der Waals surface area contributed by atoms with E-state index in [1.807, 2.05) is 7.05 Å². The minimum atomic E-state index is 0.167. The van der Waals surface area contributed by atoms with Crippen molar-refractivity contribution in [1.29, 1.82) is 0 Å². The molecule has 0 aliphatic carbocycles. The van der Waals surface area contributed by atoms with Crippen LogP contribution < -0.4 is 5.32 Å². The van der Waals surface area contributed by atoms with Crippen molar-refractivity contribution < 1.29 is 4.79 Å². The second-order valence-corrected chi connectivity index (χ2v) is 4.82. The number of rotatable bonds is 8. The van der Waals surface area contributed by atoms with Crippen LogP contribution in [0.15, 0.2) is 25.3 Å². The molecule has 1 heterocycles. The Kier molecular flexibility index (Phi) is 6.68. The van der Waals surface area contributed by atoms with E-state index in [9.17, 15) is 4.79 Å². The van der Waals surface area contributed by atoms with Crippen LogP contribution in [0.5, 0.6) is 0 Å². The molecule has 0 aromatic carbocycles. The Labute approximate surface area is 110 Å². The monoisotopic (exact) mass is 251 g/mol. The van der Waals surface area contributed by atoms with E-state index >= 15 is 0 Å². The van der Waals surface area contributed by atoms with Gasteiger partial charge in [-0.3, -0.25) is 9.69 Å². The van der Waals surface area contributed by atoms with Crippen LogP contribution in [0.3, 0.4) is 0 Å². The van der Waals surface area contributed by atoms with Crippen molar-refractivity contribution in [1.82, 2.24) is 15.1 Å². The highest BCUT2D eigenvalue weighted by atomic mass is 16.2. The summed E-state index contributed by atoms with van der Waals surface area (Å²) in [6.45, 7) is 12.1. The summed E-state index contributed by atoms with van der Waals surface area (Å²) in [6.07, 6.45) is 4.70. The molecule has 0 aromatic rings. The van der Waals surface area contributed by atoms with Crippen LogP contribution in [0.25, 0.3) is 0 Å². The summed E-state index contributed by atoms with van der Waals surface area (Å²) in [6, 6.07) is 0. The number of carbonyl (C=O) groups is 1. The molecule has 1 atom stereocenters. The summed E-state index contributed by atoms with van der Waals surface area (Å²) >= 11 is 0. The predicted octanol–water partition coefficient (Wildman–Crippen LogP) is 0.728. The smallest absolute Gasteiger partial charge is 0.237 e. The molecule has 1 rings (SSSR count). The van der Waals surface area contributed by atoms with Gasteiger partial charge in [0, 0.05) is 19.6 Å². The summed E-state index contributed by atoms with van der Waals surface area (Å²) in [5, 5.41) is 3.20. The normalized spacial score (nSPS) is 19.7. The zero-order valence-corrected chi connectivity index (χ0v) is 11.4. The van der Waals surface area contributed by atoms with Crippen molar-refractivity contribution in [2.24, 2.45) is 5.92 Å². The molecule has 1 amide bonds. The summed E-state index contributed by atoms with van der Waals surface area (Å²) in [7, 11) is 1.98. The van der Waals surface area contributed by atoms with Crippen LogP contribution in [0.4, 0.5) is 0 Å². The fourth-order valence-electron chi connectivity index (χ4n) is 2.39. The Bertz CT molecular complexity index is 281. The summed E-state index contributed by atoms with van der Waals surface area (Å²) < 4.78 is 0. The molecule has 0 saturated carbocycles. The summed E-state index contributed by atoms with van der Waals surface area (Å²) in [5.74, 6) is 0.843. The van der Waals surface area contributed by atoms with Crippen LogP contribution in [0, 0.1) is 5.92 Å². The van der Waals surface area contributed by atoms with Crippen molar-refractivity contribution in [3.8, 4) is 0 Å². The maximum Gasteiger partial charge on any atom is 0.237 e. The first-order chi connectivity index (χ1) is 8.71. The fourth-order valence-corrected chi connectivity index (χ4v) is 2.39. The quantitative estimate of drug-likeness (QED) is 0.646. The van der Waals surface area contributed by atoms with Crippen LogP contribution in [0.1, 0.15) is 6.42 Å². The predicted molar refractivity (Wildman–Crippen MR) is 75.4 cm³/mol. The first-order valence-corrected chi connectivity index (χ1v) is 6.57. The molecule has 1 aliphatic heterocycles. The van der Waals surface area contributed by atoms with Crippen LogP contribution in [0.2, 0.25) is 0 Å². The highest BCUT2D eigenvalue weighted by Gasteiger charge is 2.24. The third-order valence-corrected chi connectivity index (χ3v) is 3.27. The summed E-state index contributed by atoms with van der Waals surface area (Å²) in [5.41, 5.74) is 0. The number of carbonyl (C=O) groups excluding carboxylic acids is 1. The molecule has 4 nitrogen and oxygen atoms in total. The molecule has 18 heavy (non-hydrogen) atoms. The number of amides is 1. The van der Waals surface area contributed by atoms with Gasteiger partial charge >= 0.3 is 0 Å². The Morgan fingerprint density at radius 1 is 1.44 bits per heavy atom. The van der Waals surface area contributed by atoms with Gasteiger partial charge in [-0.05, 0) is 32.5 Å². The highest BCUT2D eigenvalue weighted by Crippen LogP contribution is 2.15. The minimum Gasteiger partial charge on any atom is -0.334 e. The van der Waals surface area contributed by atoms with Gasteiger partial charge in [-0.1, -0.05) is 12.2 Å². The average Bonchev–Trinajstić information content (AvgIpc) is 2.77. The lowest BCUT2D eigenvalue weighted by Gasteiger charge is -2.23. The van der Waals surface area contributed by atoms with E-state index in [1.54, 1.807) is 17.1 Å². The van der Waals surface area contributed by atoms with E-state index in [0.717, 1.165) is 19.6 Å². The average molecular weight is 251 g/mol. The van der Waals surface area contributed by atoms with Crippen LogP contribution >= 0.6 is 0 Å². The molecule has 1 fully saturated rings. The van der Waals surface area contributed by atoms with Gasteiger partial charge in [0.1, 0.15) is 0 Å². The standard InChI is InChI=1S/C14H25N3O/c1-4-7-17(8-5-2)14(18)12-16-9-6-13(11-16)10-15-3/h4-5,13,15H,1-2,6-12H2,3H3. The summed E-state index contributed by atoms with van der Waals surface area (Å²) in [4.78, 5) is 16.1. The van der Waals surface area contributed by atoms with Gasteiger partial charge in [-0.25, -0.2) is 0 Å². The molecule has 0 spiro atoms. The molecule has 0 aromatic heterocycles. The lowest BCUT2D eigenvalue weighted by atomic mass is 10.1. The molecular weight excluding hydrogens is 226 g/mol. The second-order valence-electron chi connectivity index (χ2n) is 4.82. The zero-order chi connectivity index (χ0) is 13.4. The van der Waals surface area contributed by atoms with E-state index in [0.29, 0.717) is 25.6 Å². The molecule has 4 heteroatoms. The molecule has 1 N–H and O–H groups in total. The molecule has 1 saturated heterocycles. The lowest BCUT2D eigenvalue weighted by molar-refractivity contribution is -0.131. The molecule has 1 unspecified atom stereocenters. The van der Waals surface area contributed by atoms with Crippen molar-refractivity contribution in [2.75, 3.05) is 46.3 Å². The fraction of sp³-hybridized carbons (Fsp3) is 0.643. The van der Waals surface area contributed by atoms with Gasteiger partial charge in [-0.2, -0.15) is 0 Å². The second kappa shape index (κ2) is 8.06. The Morgan fingerprint density at radius 3 is 2.67 bits per heavy atom. The van der Waals surface area contributed by atoms with Crippen LogP contribution in [-0.2, 0) is 4.79 Å². The zero-order valence-electron chi connectivity index (χ0n) is 11.4. The minimum absolute atomic E-state index is 0.167. The number of hydrogen-bond donors (Lipinski definition) is 1. The topological polar surface area (TPSA) is 35.6 Å². The third-order valence-electron chi connectivity index (χ3n) is 3.27. The van der Waals surface area contributed by atoms with Crippen molar-refractivity contribution >= 4 is 5.91 Å². The number of likely N-dealkylation sites (tertiary alicyclic amines) is 1. The number of nitrogens with one attached hydrogen (secondary N) is 1. The first-order valence-electron chi connectivity index (χ1n) is 6.57. The van der Waals surface area contributed by atoms with Gasteiger partial charge in [0.15, 0.2) is 0 Å². The van der Waals surface area contributed by atoms with Crippen molar-refractivity contribution in [3.05, 3.63) is 25.3 Å². The Balaban J connectivity index is 2.38. The number of hydrogen-bond acceptors (Lipinski definition) is 3. The van der Waals surface area contributed by atoms with E-state index in [2.05, 4.69) is 23.4 Å². The van der Waals surface area contributed by atoms with E-state index in [4.69, 9.17) is 0 Å². The Hall–Kier alpha value is -1.13. The van der Waals surface area contributed by atoms with Gasteiger partial charge in [-0.15, -0.1) is 13.2 Å². The first kappa shape index (κ1) is 14.9. The lowest BCUT2D eigenvalue weighted by Crippen LogP contribution is -2.40. The Morgan fingerprint density at radius 2 is 2.11 bits per heavy atom. The van der Waals surface area contributed by atoms with E-state index in [-0.39, 0.29) is 5.91 Å².